The van der Waals surface area contributed by atoms with Gasteiger partial charge in [-0.15, -0.1) is 0 Å². The molecule has 0 aliphatic carbocycles. The summed E-state index contributed by atoms with van der Waals surface area (Å²) in [7, 11) is 0. The van der Waals surface area contributed by atoms with Gasteiger partial charge in [-0.25, -0.2) is 0 Å². The van der Waals surface area contributed by atoms with Crippen LogP contribution in [-0.2, 0) is 9.53 Å². The van der Waals surface area contributed by atoms with Crippen molar-refractivity contribution >= 4 is 5.97 Å². The van der Waals surface area contributed by atoms with Crippen LogP contribution in [0.1, 0.15) is 18.1 Å². The molecule has 0 saturated carbocycles. The van der Waals surface area contributed by atoms with E-state index < -0.39 is 5.97 Å². The molecule has 1 rings (SSSR count). The van der Waals surface area contributed by atoms with Crippen molar-refractivity contribution < 1.29 is 14.6 Å². The number of hydrogen-bond acceptors (Lipinski definition) is 3. The molecule has 0 aliphatic rings. The molecule has 1 aromatic carbocycles. The van der Waals surface area contributed by atoms with Gasteiger partial charge in [0.15, 0.2) is 0 Å². The SMILES string of the molecule is CC(=O)OC(=[C]c1cccc(C)c1)CO. The first-order valence-electron chi connectivity index (χ1n) is 4.60. The number of carbonyl (C=O) groups is 1. The van der Waals surface area contributed by atoms with E-state index in [9.17, 15) is 4.79 Å². The zero-order chi connectivity index (χ0) is 11.3. The van der Waals surface area contributed by atoms with Crippen molar-refractivity contribution in [2.45, 2.75) is 13.8 Å². The number of carbonyl (C=O) groups excluding carboxylic acids is 1. The summed E-state index contributed by atoms with van der Waals surface area (Å²) in [4.78, 5) is 10.7. The predicted molar refractivity (Wildman–Crippen MR) is 55.9 cm³/mol. The third-order valence-electron chi connectivity index (χ3n) is 1.71. The molecule has 1 radical (unpaired) electrons. The molecule has 0 atom stereocenters. The van der Waals surface area contributed by atoms with Gasteiger partial charge in [0.1, 0.15) is 12.4 Å². The van der Waals surface area contributed by atoms with E-state index in [-0.39, 0.29) is 12.4 Å². The van der Waals surface area contributed by atoms with Gasteiger partial charge in [0.05, 0.1) is 0 Å². The minimum absolute atomic E-state index is 0.133. The third kappa shape index (κ3) is 3.95. The highest BCUT2D eigenvalue weighted by molar-refractivity contribution is 5.67. The molecule has 0 bridgehead atoms. The first kappa shape index (κ1) is 11.5. The van der Waals surface area contributed by atoms with E-state index in [0.717, 1.165) is 11.1 Å². The Bertz CT molecular complexity index is 380. The lowest BCUT2D eigenvalue weighted by atomic mass is 10.1. The molecule has 0 unspecified atom stereocenters. The Labute approximate surface area is 89.0 Å². The minimum atomic E-state index is -0.459. The molecule has 0 aromatic heterocycles. The van der Waals surface area contributed by atoms with Gasteiger partial charge in [0.2, 0.25) is 0 Å². The summed E-state index contributed by atoms with van der Waals surface area (Å²) in [5.41, 5.74) is 1.86. The number of benzene rings is 1. The molecule has 0 fully saturated rings. The second-order valence-corrected chi connectivity index (χ2v) is 3.17. The molecule has 1 N–H and O–H groups in total. The van der Waals surface area contributed by atoms with E-state index >= 15 is 0 Å². The number of aliphatic hydroxyl groups is 1. The Morgan fingerprint density at radius 1 is 1.53 bits per heavy atom. The first-order valence-corrected chi connectivity index (χ1v) is 4.60. The van der Waals surface area contributed by atoms with Crippen LogP contribution < -0.4 is 0 Å². The monoisotopic (exact) mass is 205 g/mol. The maximum Gasteiger partial charge on any atom is 0.307 e. The van der Waals surface area contributed by atoms with Crippen LogP contribution in [0.5, 0.6) is 0 Å². The maximum atomic E-state index is 10.7. The average molecular weight is 205 g/mol. The number of rotatable bonds is 3. The Balaban J connectivity index is 2.87. The van der Waals surface area contributed by atoms with Crippen LogP contribution in [0.3, 0.4) is 0 Å². The number of aliphatic hydroxyl groups excluding tert-OH is 1. The van der Waals surface area contributed by atoms with Crippen molar-refractivity contribution in [3.8, 4) is 0 Å². The van der Waals surface area contributed by atoms with Gasteiger partial charge in [0.25, 0.3) is 0 Å². The van der Waals surface area contributed by atoms with E-state index in [1.54, 1.807) is 0 Å². The van der Waals surface area contributed by atoms with E-state index in [1.807, 2.05) is 31.2 Å². The fourth-order valence-corrected chi connectivity index (χ4v) is 1.15. The fraction of sp³-hybridized carbons (Fsp3) is 0.250. The van der Waals surface area contributed by atoms with Gasteiger partial charge in [-0.05, 0) is 12.5 Å². The number of ether oxygens (including phenoxy) is 1. The largest absolute Gasteiger partial charge is 0.428 e. The zero-order valence-electron chi connectivity index (χ0n) is 8.78. The second kappa shape index (κ2) is 5.32. The molecule has 3 nitrogen and oxygen atoms in total. The van der Waals surface area contributed by atoms with Crippen molar-refractivity contribution in [2.75, 3.05) is 6.61 Å². The molecule has 0 spiro atoms. The summed E-state index contributed by atoms with van der Waals surface area (Å²) in [6, 6.07) is 7.54. The predicted octanol–water partition coefficient (Wildman–Crippen LogP) is 1.59. The lowest BCUT2D eigenvalue weighted by Gasteiger charge is -2.03. The minimum Gasteiger partial charge on any atom is -0.428 e. The highest BCUT2D eigenvalue weighted by Gasteiger charge is 2.01. The van der Waals surface area contributed by atoms with Crippen LogP contribution in [0.15, 0.2) is 30.0 Å². The van der Waals surface area contributed by atoms with Gasteiger partial charge in [-0.2, -0.15) is 0 Å². The van der Waals surface area contributed by atoms with Crippen LogP contribution in [0, 0.1) is 13.0 Å². The Morgan fingerprint density at radius 2 is 2.27 bits per heavy atom. The normalized spacial score (nSPS) is 11.3. The lowest BCUT2D eigenvalue weighted by Crippen LogP contribution is -2.03. The molecule has 3 heteroatoms. The highest BCUT2D eigenvalue weighted by Crippen LogP contribution is 2.07. The second-order valence-electron chi connectivity index (χ2n) is 3.17. The van der Waals surface area contributed by atoms with Crippen molar-refractivity contribution in [1.29, 1.82) is 0 Å². The summed E-state index contributed by atoms with van der Waals surface area (Å²) in [6.45, 7) is 2.90. The lowest BCUT2D eigenvalue weighted by molar-refractivity contribution is -0.137. The first-order chi connectivity index (χ1) is 7.11. The van der Waals surface area contributed by atoms with Gasteiger partial charge in [-0.1, -0.05) is 29.8 Å². The Kier molecular flexibility index (Phi) is 4.06. The summed E-state index contributed by atoms with van der Waals surface area (Å²) in [6.07, 6.45) is 2.82. The van der Waals surface area contributed by atoms with Gasteiger partial charge in [-0.3, -0.25) is 4.79 Å². The standard InChI is InChI=1S/C12H13O3/c1-9-4-3-5-11(6-9)7-12(8-13)15-10(2)14/h3-6,13H,8H2,1-2H3. The van der Waals surface area contributed by atoms with Gasteiger partial charge in [0, 0.05) is 13.0 Å². The van der Waals surface area contributed by atoms with Crippen molar-refractivity contribution in [1.82, 2.24) is 0 Å². The molecule has 79 valence electrons. The van der Waals surface area contributed by atoms with Gasteiger partial charge >= 0.3 is 5.97 Å². The molecule has 15 heavy (non-hydrogen) atoms. The third-order valence-corrected chi connectivity index (χ3v) is 1.71. The summed E-state index contributed by atoms with van der Waals surface area (Å²) < 4.78 is 4.76. The summed E-state index contributed by atoms with van der Waals surface area (Å²) >= 11 is 0. The molecular weight excluding hydrogens is 192 g/mol. The van der Waals surface area contributed by atoms with Crippen molar-refractivity contribution in [3.63, 3.8) is 0 Å². The number of esters is 1. The van der Waals surface area contributed by atoms with Crippen LogP contribution in [0.4, 0.5) is 0 Å². The molecule has 0 heterocycles. The summed E-state index contributed by atoms with van der Waals surface area (Å²) in [5.74, 6) is -0.327. The molecular formula is C12H13O3. The average Bonchev–Trinajstić information content (AvgIpc) is 2.16. The van der Waals surface area contributed by atoms with E-state index in [4.69, 9.17) is 9.84 Å². The van der Waals surface area contributed by atoms with E-state index in [1.165, 1.54) is 6.92 Å². The Morgan fingerprint density at radius 3 is 2.80 bits per heavy atom. The van der Waals surface area contributed by atoms with Crippen molar-refractivity contribution in [2.24, 2.45) is 0 Å². The molecule has 0 saturated heterocycles. The number of hydrogen-bond donors (Lipinski definition) is 1. The molecule has 0 aliphatic heterocycles. The zero-order valence-corrected chi connectivity index (χ0v) is 8.78. The van der Waals surface area contributed by atoms with E-state index in [0.29, 0.717) is 0 Å². The van der Waals surface area contributed by atoms with Crippen LogP contribution in [-0.4, -0.2) is 17.7 Å². The quantitative estimate of drug-likeness (QED) is 0.602. The van der Waals surface area contributed by atoms with Crippen LogP contribution >= 0.6 is 0 Å². The topological polar surface area (TPSA) is 46.5 Å². The van der Waals surface area contributed by atoms with Crippen LogP contribution in [0.25, 0.3) is 0 Å². The molecule has 1 aromatic rings. The number of aryl methyl sites for hydroxylation is 1. The smallest absolute Gasteiger partial charge is 0.307 e. The van der Waals surface area contributed by atoms with E-state index in [2.05, 4.69) is 6.08 Å². The van der Waals surface area contributed by atoms with Crippen molar-refractivity contribution in [3.05, 3.63) is 47.2 Å². The Hall–Kier alpha value is -1.61. The maximum absolute atomic E-state index is 10.7. The summed E-state index contributed by atoms with van der Waals surface area (Å²) in [5, 5.41) is 8.93. The van der Waals surface area contributed by atoms with Gasteiger partial charge < -0.3 is 9.84 Å². The highest BCUT2D eigenvalue weighted by atomic mass is 16.5. The molecule has 0 amide bonds. The fourth-order valence-electron chi connectivity index (χ4n) is 1.15. The van der Waals surface area contributed by atoms with Crippen LogP contribution in [0.2, 0.25) is 0 Å².